The normalized spacial score (nSPS) is 13.3. The van der Waals surface area contributed by atoms with Crippen molar-refractivity contribution in [1.82, 2.24) is 0 Å². The van der Waals surface area contributed by atoms with Crippen LogP contribution >= 0.6 is 11.3 Å². The van der Waals surface area contributed by atoms with Crippen LogP contribution in [0.3, 0.4) is 0 Å². The number of thiophene rings is 1. The SMILES string of the molecule is CC(C)Oc1ccccc1NC(=O)c1cc2c(s1)CCC2. The Morgan fingerprint density at radius 1 is 1.29 bits per heavy atom. The molecule has 0 atom stereocenters. The zero-order valence-corrected chi connectivity index (χ0v) is 13.1. The van der Waals surface area contributed by atoms with Gasteiger partial charge in [-0.25, -0.2) is 0 Å². The van der Waals surface area contributed by atoms with Crippen LogP contribution in [-0.2, 0) is 12.8 Å². The summed E-state index contributed by atoms with van der Waals surface area (Å²) in [6, 6.07) is 9.60. The van der Waals surface area contributed by atoms with E-state index in [1.54, 1.807) is 11.3 Å². The van der Waals surface area contributed by atoms with E-state index in [1.165, 1.54) is 16.9 Å². The molecule has 1 N–H and O–H groups in total. The topological polar surface area (TPSA) is 38.3 Å². The number of benzene rings is 1. The third kappa shape index (κ3) is 3.10. The summed E-state index contributed by atoms with van der Waals surface area (Å²) in [6.07, 6.45) is 3.51. The highest BCUT2D eigenvalue weighted by atomic mass is 32.1. The second-order valence-corrected chi connectivity index (χ2v) is 6.67. The molecule has 3 rings (SSSR count). The van der Waals surface area contributed by atoms with Crippen molar-refractivity contribution >= 4 is 22.9 Å². The van der Waals surface area contributed by atoms with Gasteiger partial charge in [0.15, 0.2) is 0 Å². The molecule has 0 spiro atoms. The van der Waals surface area contributed by atoms with E-state index in [1.807, 2.05) is 44.2 Å². The van der Waals surface area contributed by atoms with Crippen molar-refractivity contribution in [2.45, 2.75) is 39.2 Å². The molecule has 0 aliphatic heterocycles. The highest BCUT2D eigenvalue weighted by molar-refractivity contribution is 7.14. The Balaban J connectivity index is 1.78. The third-order valence-corrected chi connectivity index (χ3v) is 4.70. The van der Waals surface area contributed by atoms with E-state index >= 15 is 0 Å². The lowest BCUT2D eigenvalue weighted by Gasteiger charge is -2.14. The minimum absolute atomic E-state index is 0.0470. The Kier molecular flexibility index (Phi) is 3.97. The Bertz CT molecular complexity index is 639. The van der Waals surface area contributed by atoms with Crippen LogP contribution in [0.5, 0.6) is 5.75 Å². The van der Waals surface area contributed by atoms with Gasteiger partial charge in [0, 0.05) is 4.88 Å². The molecule has 1 heterocycles. The Morgan fingerprint density at radius 2 is 2.10 bits per heavy atom. The van der Waals surface area contributed by atoms with Crippen molar-refractivity contribution in [2.24, 2.45) is 0 Å². The fourth-order valence-electron chi connectivity index (χ4n) is 2.55. The van der Waals surface area contributed by atoms with E-state index in [4.69, 9.17) is 4.74 Å². The van der Waals surface area contributed by atoms with Crippen LogP contribution in [0.4, 0.5) is 5.69 Å². The van der Waals surface area contributed by atoms with Crippen molar-refractivity contribution in [1.29, 1.82) is 0 Å². The van der Waals surface area contributed by atoms with Gasteiger partial charge in [-0.05, 0) is 56.9 Å². The number of carbonyl (C=O) groups excluding carboxylic acids is 1. The minimum atomic E-state index is -0.0470. The average molecular weight is 301 g/mol. The second kappa shape index (κ2) is 5.90. The van der Waals surface area contributed by atoms with E-state index in [2.05, 4.69) is 5.32 Å². The first-order chi connectivity index (χ1) is 10.1. The smallest absolute Gasteiger partial charge is 0.265 e. The second-order valence-electron chi connectivity index (χ2n) is 5.53. The van der Waals surface area contributed by atoms with Gasteiger partial charge < -0.3 is 10.1 Å². The van der Waals surface area contributed by atoms with Gasteiger partial charge in [-0.1, -0.05) is 12.1 Å². The van der Waals surface area contributed by atoms with Gasteiger partial charge in [0.1, 0.15) is 5.75 Å². The molecule has 0 radical (unpaired) electrons. The standard InChI is InChI=1S/C17H19NO2S/c1-11(2)20-14-8-4-3-7-13(14)18-17(19)16-10-12-6-5-9-15(12)21-16/h3-4,7-8,10-11H,5-6,9H2,1-2H3,(H,18,19). The van der Waals surface area contributed by atoms with Gasteiger partial charge in [-0.3, -0.25) is 4.79 Å². The van der Waals surface area contributed by atoms with Crippen LogP contribution in [0.25, 0.3) is 0 Å². The summed E-state index contributed by atoms with van der Waals surface area (Å²) in [5, 5.41) is 2.97. The summed E-state index contributed by atoms with van der Waals surface area (Å²) in [4.78, 5) is 14.6. The van der Waals surface area contributed by atoms with E-state index < -0.39 is 0 Å². The zero-order valence-electron chi connectivity index (χ0n) is 12.3. The number of anilines is 1. The molecular weight excluding hydrogens is 282 g/mol. The van der Waals surface area contributed by atoms with Gasteiger partial charge in [0.2, 0.25) is 0 Å². The number of aryl methyl sites for hydroxylation is 2. The predicted molar refractivity (Wildman–Crippen MR) is 86.5 cm³/mol. The van der Waals surface area contributed by atoms with Crippen molar-refractivity contribution < 1.29 is 9.53 Å². The number of rotatable bonds is 4. The number of para-hydroxylation sites is 2. The van der Waals surface area contributed by atoms with Gasteiger partial charge in [0.25, 0.3) is 5.91 Å². The van der Waals surface area contributed by atoms with Crippen molar-refractivity contribution in [2.75, 3.05) is 5.32 Å². The molecule has 0 unspecified atom stereocenters. The summed E-state index contributed by atoms with van der Waals surface area (Å²) in [7, 11) is 0. The average Bonchev–Trinajstić information content (AvgIpc) is 3.01. The lowest BCUT2D eigenvalue weighted by atomic mass is 10.2. The molecule has 0 saturated heterocycles. The molecule has 1 aromatic heterocycles. The lowest BCUT2D eigenvalue weighted by Crippen LogP contribution is -2.13. The fourth-order valence-corrected chi connectivity index (χ4v) is 3.70. The van der Waals surface area contributed by atoms with Crippen LogP contribution in [0.15, 0.2) is 30.3 Å². The number of amides is 1. The molecule has 1 aromatic carbocycles. The van der Waals surface area contributed by atoms with Crippen LogP contribution in [0.1, 0.15) is 40.4 Å². The Morgan fingerprint density at radius 3 is 2.86 bits per heavy atom. The van der Waals surface area contributed by atoms with Crippen LogP contribution in [-0.4, -0.2) is 12.0 Å². The van der Waals surface area contributed by atoms with Crippen LogP contribution < -0.4 is 10.1 Å². The summed E-state index contributed by atoms with van der Waals surface area (Å²) in [6.45, 7) is 3.95. The molecule has 4 heteroatoms. The van der Waals surface area contributed by atoms with Crippen molar-refractivity contribution in [3.05, 3.63) is 45.6 Å². The first-order valence-electron chi connectivity index (χ1n) is 7.32. The Labute approximate surface area is 129 Å². The first kappa shape index (κ1) is 14.1. The summed E-state index contributed by atoms with van der Waals surface area (Å²) < 4.78 is 5.73. The molecule has 2 aromatic rings. The van der Waals surface area contributed by atoms with Gasteiger partial charge in [0.05, 0.1) is 16.7 Å². The number of nitrogens with one attached hydrogen (secondary N) is 1. The predicted octanol–water partition coefficient (Wildman–Crippen LogP) is 4.28. The fraction of sp³-hybridized carbons (Fsp3) is 0.353. The summed E-state index contributed by atoms with van der Waals surface area (Å²) >= 11 is 1.62. The number of carbonyl (C=O) groups is 1. The molecule has 0 fully saturated rings. The maximum absolute atomic E-state index is 12.4. The van der Waals surface area contributed by atoms with E-state index in [-0.39, 0.29) is 12.0 Å². The van der Waals surface area contributed by atoms with Gasteiger partial charge in [-0.2, -0.15) is 0 Å². The molecule has 21 heavy (non-hydrogen) atoms. The Hall–Kier alpha value is -1.81. The zero-order chi connectivity index (χ0) is 14.8. The van der Waals surface area contributed by atoms with Gasteiger partial charge in [-0.15, -0.1) is 11.3 Å². The van der Waals surface area contributed by atoms with Gasteiger partial charge >= 0.3 is 0 Å². The van der Waals surface area contributed by atoms with E-state index in [9.17, 15) is 4.79 Å². The van der Waals surface area contributed by atoms with E-state index in [0.29, 0.717) is 5.75 Å². The highest BCUT2D eigenvalue weighted by Gasteiger charge is 2.19. The van der Waals surface area contributed by atoms with Crippen LogP contribution in [0, 0.1) is 0 Å². The molecule has 110 valence electrons. The van der Waals surface area contributed by atoms with Crippen molar-refractivity contribution in [3.63, 3.8) is 0 Å². The lowest BCUT2D eigenvalue weighted by molar-refractivity contribution is 0.102. The first-order valence-corrected chi connectivity index (χ1v) is 8.14. The summed E-state index contributed by atoms with van der Waals surface area (Å²) in [5.41, 5.74) is 2.07. The highest BCUT2D eigenvalue weighted by Crippen LogP contribution is 2.32. The number of hydrogen-bond donors (Lipinski definition) is 1. The molecular formula is C17H19NO2S. The maximum Gasteiger partial charge on any atom is 0.265 e. The van der Waals surface area contributed by atoms with Crippen LogP contribution in [0.2, 0.25) is 0 Å². The summed E-state index contributed by atoms with van der Waals surface area (Å²) in [5.74, 6) is 0.666. The van der Waals surface area contributed by atoms with Crippen molar-refractivity contribution in [3.8, 4) is 5.75 Å². The maximum atomic E-state index is 12.4. The number of fused-ring (bicyclic) bond motifs is 1. The molecule has 3 nitrogen and oxygen atoms in total. The minimum Gasteiger partial charge on any atom is -0.489 e. The quantitative estimate of drug-likeness (QED) is 0.915. The molecule has 1 aliphatic carbocycles. The molecule has 1 aliphatic rings. The number of hydrogen-bond acceptors (Lipinski definition) is 3. The third-order valence-electron chi connectivity index (χ3n) is 3.47. The largest absolute Gasteiger partial charge is 0.489 e. The molecule has 1 amide bonds. The van der Waals surface area contributed by atoms with E-state index in [0.717, 1.165) is 23.4 Å². The number of ether oxygens (including phenoxy) is 1. The monoisotopic (exact) mass is 301 g/mol. The molecule has 0 bridgehead atoms. The molecule has 0 saturated carbocycles.